The third-order valence-electron chi connectivity index (χ3n) is 6.28. The maximum absolute atomic E-state index is 12.7. The Kier molecular flexibility index (Phi) is 5.72. The molecule has 3 aromatic rings. The van der Waals surface area contributed by atoms with Crippen LogP contribution in [-0.4, -0.2) is 53.8 Å². The molecular weight excluding hydrogens is 458 g/mol. The Morgan fingerprint density at radius 1 is 1.29 bits per heavy atom. The SMILES string of the molecule is CS(=O)(=O)CCCNC(=O)[C@H]1CCc2[nH]c3ncnc(Nc4ccc5c(c4)COC5=O)c3c2C1. The monoisotopic (exact) mass is 483 g/mol. The van der Waals surface area contributed by atoms with Gasteiger partial charge in [-0.1, -0.05) is 0 Å². The van der Waals surface area contributed by atoms with Crippen LogP contribution >= 0.6 is 0 Å². The Morgan fingerprint density at radius 3 is 2.97 bits per heavy atom. The van der Waals surface area contributed by atoms with Gasteiger partial charge in [-0.2, -0.15) is 0 Å². The summed E-state index contributed by atoms with van der Waals surface area (Å²) in [5.74, 6) is 0.0946. The minimum absolute atomic E-state index is 0.0554. The number of carbonyl (C=O) groups excluding carboxylic acids is 2. The van der Waals surface area contributed by atoms with Gasteiger partial charge >= 0.3 is 5.97 Å². The van der Waals surface area contributed by atoms with Crippen LogP contribution in [0.15, 0.2) is 24.5 Å². The molecule has 34 heavy (non-hydrogen) atoms. The summed E-state index contributed by atoms with van der Waals surface area (Å²) in [5, 5.41) is 7.06. The number of fused-ring (bicyclic) bond motifs is 4. The molecule has 0 radical (unpaired) electrons. The fraction of sp³-hybridized carbons (Fsp3) is 0.391. The predicted octanol–water partition coefficient (Wildman–Crippen LogP) is 2.03. The fourth-order valence-corrected chi connectivity index (χ4v) is 5.27. The van der Waals surface area contributed by atoms with Crippen molar-refractivity contribution in [2.24, 2.45) is 5.92 Å². The summed E-state index contributed by atoms with van der Waals surface area (Å²) in [5.41, 5.74) is 4.94. The molecule has 3 heterocycles. The molecule has 2 aliphatic rings. The van der Waals surface area contributed by atoms with Crippen molar-refractivity contribution in [3.63, 3.8) is 0 Å². The number of cyclic esters (lactones) is 1. The number of sulfone groups is 1. The van der Waals surface area contributed by atoms with Gasteiger partial charge in [-0.15, -0.1) is 0 Å². The van der Waals surface area contributed by atoms with Crippen LogP contribution in [-0.2, 0) is 38.8 Å². The maximum atomic E-state index is 12.7. The molecule has 1 atom stereocenters. The lowest BCUT2D eigenvalue weighted by Gasteiger charge is -2.22. The Hall–Kier alpha value is -3.47. The van der Waals surface area contributed by atoms with Crippen molar-refractivity contribution in [1.82, 2.24) is 20.3 Å². The van der Waals surface area contributed by atoms with Gasteiger partial charge < -0.3 is 20.4 Å². The molecule has 0 fully saturated rings. The van der Waals surface area contributed by atoms with E-state index in [4.69, 9.17) is 4.74 Å². The number of carbonyl (C=O) groups is 2. The van der Waals surface area contributed by atoms with E-state index in [9.17, 15) is 18.0 Å². The molecule has 0 bridgehead atoms. The molecule has 0 unspecified atom stereocenters. The molecule has 1 aliphatic heterocycles. The zero-order valence-corrected chi connectivity index (χ0v) is 19.5. The highest BCUT2D eigenvalue weighted by Crippen LogP contribution is 2.35. The first-order valence-electron chi connectivity index (χ1n) is 11.2. The third kappa shape index (κ3) is 4.47. The van der Waals surface area contributed by atoms with Crippen LogP contribution in [0.25, 0.3) is 11.0 Å². The number of ether oxygens (including phenoxy) is 1. The van der Waals surface area contributed by atoms with E-state index in [1.165, 1.54) is 12.6 Å². The average Bonchev–Trinajstić information content (AvgIpc) is 3.36. The first-order valence-corrected chi connectivity index (χ1v) is 13.2. The van der Waals surface area contributed by atoms with Crippen LogP contribution < -0.4 is 10.6 Å². The summed E-state index contributed by atoms with van der Waals surface area (Å²) in [6.07, 6.45) is 5.03. The van der Waals surface area contributed by atoms with Crippen LogP contribution in [0.3, 0.4) is 0 Å². The molecule has 1 aliphatic carbocycles. The summed E-state index contributed by atoms with van der Waals surface area (Å²) >= 11 is 0. The van der Waals surface area contributed by atoms with Crippen molar-refractivity contribution < 1.29 is 22.7 Å². The first kappa shape index (κ1) is 22.3. The molecule has 0 saturated carbocycles. The number of aromatic nitrogens is 3. The van der Waals surface area contributed by atoms with Gasteiger partial charge in [0.2, 0.25) is 5.91 Å². The smallest absolute Gasteiger partial charge is 0.338 e. The molecular formula is C23H25N5O5S. The number of nitrogens with one attached hydrogen (secondary N) is 3. The Bertz CT molecular complexity index is 1400. The molecule has 0 saturated heterocycles. The summed E-state index contributed by atoms with van der Waals surface area (Å²) in [7, 11) is -3.04. The van der Waals surface area contributed by atoms with Crippen molar-refractivity contribution >= 4 is 44.3 Å². The lowest BCUT2D eigenvalue weighted by molar-refractivity contribution is -0.125. The summed E-state index contributed by atoms with van der Waals surface area (Å²) in [6.45, 7) is 0.590. The van der Waals surface area contributed by atoms with Gasteiger partial charge in [-0.3, -0.25) is 4.79 Å². The first-order chi connectivity index (χ1) is 16.3. The average molecular weight is 484 g/mol. The van der Waals surface area contributed by atoms with E-state index in [2.05, 4.69) is 25.6 Å². The van der Waals surface area contributed by atoms with Gasteiger partial charge in [-0.05, 0) is 49.4 Å². The topological polar surface area (TPSA) is 143 Å². The zero-order valence-electron chi connectivity index (χ0n) is 18.7. The highest BCUT2D eigenvalue weighted by atomic mass is 32.2. The molecule has 5 rings (SSSR count). The maximum Gasteiger partial charge on any atom is 0.338 e. The number of hydrogen-bond donors (Lipinski definition) is 3. The second kappa shape index (κ2) is 8.71. The summed E-state index contributed by atoms with van der Waals surface area (Å²) < 4.78 is 27.7. The van der Waals surface area contributed by atoms with E-state index >= 15 is 0 Å². The van der Waals surface area contributed by atoms with Crippen LogP contribution in [0.1, 0.15) is 40.0 Å². The van der Waals surface area contributed by atoms with E-state index in [0.29, 0.717) is 49.3 Å². The van der Waals surface area contributed by atoms with Crippen LogP contribution in [0.2, 0.25) is 0 Å². The molecule has 3 N–H and O–H groups in total. The lowest BCUT2D eigenvalue weighted by Crippen LogP contribution is -2.35. The van der Waals surface area contributed by atoms with Gasteiger partial charge in [0.05, 0.1) is 16.7 Å². The van der Waals surface area contributed by atoms with Gasteiger partial charge in [0.15, 0.2) is 0 Å². The highest BCUT2D eigenvalue weighted by Gasteiger charge is 2.29. The van der Waals surface area contributed by atoms with Crippen LogP contribution in [0.4, 0.5) is 11.5 Å². The van der Waals surface area contributed by atoms with E-state index in [1.807, 2.05) is 12.1 Å². The van der Waals surface area contributed by atoms with Gasteiger partial charge in [-0.25, -0.2) is 23.2 Å². The second-order valence-electron chi connectivity index (χ2n) is 8.82. The predicted molar refractivity (Wildman–Crippen MR) is 126 cm³/mol. The molecule has 1 aromatic carbocycles. The minimum Gasteiger partial charge on any atom is -0.457 e. The minimum atomic E-state index is -3.04. The number of rotatable bonds is 7. The number of H-pyrrole nitrogens is 1. The highest BCUT2D eigenvalue weighted by molar-refractivity contribution is 7.90. The largest absolute Gasteiger partial charge is 0.457 e. The number of benzene rings is 1. The van der Waals surface area contributed by atoms with Crippen molar-refractivity contribution in [2.45, 2.75) is 32.3 Å². The van der Waals surface area contributed by atoms with Crippen molar-refractivity contribution in [3.8, 4) is 0 Å². The van der Waals surface area contributed by atoms with Crippen LogP contribution in [0.5, 0.6) is 0 Å². The molecule has 10 nitrogen and oxygen atoms in total. The number of nitrogens with zero attached hydrogens (tertiary/aromatic N) is 2. The quantitative estimate of drug-likeness (QED) is 0.342. The summed E-state index contributed by atoms with van der Waals surface area (Å²) in [6, 6.07) is 5.42. The van der Waals surface area contributed by atoms with E-state index in [1.54, 1.807) is 6.07 Å². The van der Waals surface area contributed by atoms with E-state index in [-0.39, 0.29) is 30.2 Å². The van der Waals surface area contributed by atoms with E-state index in [0.717, 1.165) is 27.9 Å². The van der Waals surface area contributed by atoms with Crippen molar-refractivity contribution in [2.75, 3.05) is 23.9 Å². The number of amides is 1. The fourth-order valence-electron chi connectivity index (χ4n) is 4.60. The van der Waals surface area contributed by atoms with Crippen molar-refractivity contribution in [1.29, 1.82) is 0 Å². The van der Waals surface area contributed by atoms with Gasteiger partial charge in [0, 0.05) is 35.7 Å². The Balaban J connectivity index is 1.35. The summed E-state index contributed by atoms with van der Waals surface area (Å²) in [4.78, 5) is 36.7. The number of anilines is 2. The van der Waals surface area contributed by atoms with Crippen LogP contribution in [0, 0.1) is 5.92 Å². The molecule has 11 heteroatoms. The Morgan fingerprint density at radius 2 is 2.15 bits per heavy atom. The number of aromatic amines is 1. The third-order valence-corrected chi connectivity index (χ3v) is 7.31. The Labute approximate surface area is 196 Å². The van der Waals surface area contributed by atoms with Gasteiger partial charge in [0.25, 0.3) is 0 Å². The number of esters is 1. The molecule has 1 amide bonds. The zero-order chi connectivity index (χ0) is 23.9. The van der Waals surface area contributed by atoms with Gasteiger partial charge in [0.1, 0.15) is 34.2 Å². The van der Waals surface area contributed by atoms with E-state index < -0.39 is 9.84 Å². The molecule has 178 valence electrons. The molecule has 0 spiro atoms. The number of hydrogen-bond acceptors (Lipinski definition) is 8. The lowest BCUT2D eigenvalue weighted by atomic mass is 9.86. The second-order valence-corrected chi connectivity index (χ2v) is 11.1. The van der Waals surface area contributed by atoms with Crippen molar-refractivity contribution in [3.05, 3.63) is 46.9 Å². The number of aryl methyl sites for hydroxylation is 1. The normalized spacial score (nSPS) is 17.2. The standard InChI is InChI=1S/C23H25N5O5S/c1-34(31,32)8-2-7-24-22(29)13-3-6-18-17(10-13)19-20(25-12-26-21(19)28-18)27-15-4-5-16-14(9-15)11-33-23(16)30/h4-5,9,12-13H,2-3,6-8,10-11H2,1H3,(H,24,29)(H2,25,26,27,28)/t13-/m0/s1. The molecule has 2 aromatic heterocycles.